The Balaban J connectivity index is 1.35. The lowest BCUT2D eigenvalue weighted by molar-refractivity contribution is -0.0500. The number of rotatable bonds is 6. The molecule has 10 nitrogen and oxygen atoms in total. The Labute approximate surface area is 194 Å². The van der Waals surface area contributed by atoms with Crippen LogP contribution in [0.15, 0.2) is 73.3 Å². The van der Waals surface area contributed by atoms with E-state index in [2.05, 4.69) is 20.3 Å². The lowest BCUT2D eigenvalue weighted by Crippen LogP contribution is -2.30. The number of carbonyl (C=O) groups is 2. The van der Waals surface area contributed by atoms with Crippen molar-refractivity contribution in [2.45, 2.75) is 24.9 Å². The van der Waals surface area contributed by atoms with Crippen molar-refractivity contribution in [3.8, 4) is 0 Å². The van der Waals surface area contributed by atoms with E-state index in [1.54, 1.807) is 53.1 Å². The molecule has 34 heavy (non-hydrogen) atoms. The standard InChI is InChI=1S/C24H21N5O5/c30-12-18-17(34-24(32)16-9-5-2-6-10-16)11-19(33-18)29-14-27-20-21(25-13-26-22(20)29)28-23(31)15-7-3-1-4-8-15/h1-10,13-14,17-19,30H,11-12H2,(H,25,26,28,31)/t17-,18?,19-/m1/s1. The summed E-state index contributed by atoms with van der Waals surface area (Å²) >= 11 is 0. The quantitative estimate of drug-likeness (QED) is 0.421. The maximum absolute atomic E-state index is 12.6. The number of nitrogens with zero attached hydrogens (tertiary/aromatic N) is 4. The third-order valence-corrected chi connectivity index (χ3v) is 5.57. The highest BCUT2D eigenvalue weighted by atomic mass is 16.6. The molecular weight excluding hydrogens is 438 g/mol. The molecule has 1 aliphatic rings. The molecule has 0 bridgehead atoms. The van der Waals surface area contributed by atoms with Gasteiger partial charge in [-0.2, -0.15) is 0 Å². The molecule has 1 unspecified atom stereocenters. The summed E-state index contributed by atoms with van der Waals surface area (Å²) in [6.07, 6.45) is 1.21. The zero-order chi connectivity index (χ0) is 23.5. The average Bonchev–Trinajstić information content (AvgIpc) is 3.49. The highest BCUT2D eigenvalue weighted by Gasteiger charge is 2.39. The van der Waals surface area contributed by atoms with Crippen LogP contribution in [-0.2, 0) is 9.47 Å². The second-order valence-corrected chi connectivity index (χ2v) is 7.72. The lowest BCUT2D eigenvalue weighted by Gasteiger charge is -2.16. The summed E-state index contributed by atoms with van der Waals surface area (Å²) in [6, 6.07) is 17.4. The second-order valence-electron chi connectivity index (χ2n) is 7.72. The summed E-state index contributed by atoms with van der Waals surface area (Å²) in [6.45, 7) is -0.316. The first-order valence-corrected chi connectivity index (χ1v) is 10.7. The van der Waals surface area contributed by atoms with Crippen LogP contribution in [0, 0.1) is 0 Å². The van der Waals surface area contributed by atoms with E-state index in [1.807, 2.05) is 12.1 Å². The first-order valence-electron chi connectivity index (χ1n) is 10.7. The molecule has 172 valence electrons. The molecule has 1 aliphatic heterocycles. The van der Waals surface area contributed by atoms with Crippen LogP contribution in [0.3, 0.4) is 0 Å². The molecule has 3 heterocycles. The Morgan fingerprint density at radius 2 is 1.74 bits per heavy atom. The van der Waals surface area contributed by atoms with Gasteiger partial charge in [-0.25, -0.2) is 19.7 Å². The summed E-state index contributed by atoms with van der Waals surface area (Å²) < 4.78 is 13.2. The van der Waals surface area contributed by atoms with Gasteiger partial charge in [0.1, 0.15) is 24.8 Å². The molecule has 10 heteroatoms. The highest BCUT2D eigenvalue weighted by Crippen LogP contribution is 2.33. The number of aromatic nitrogens is 4. The van der Waals surface area contributed by atoms with Gasteiger partial charge in [-0.1, -0.05) is 36.4 Å². The van der Waals surface area contributed by atoms with Crippen molar-refractivity contribution in [3.63, 3.8) is 0 Å². The van der Waals surface area contributed by atoms with Crippen LogP contribution in [0.5, 0.6) is 0 Å². The van der Waals surface area contributed by atoms with Gasteiger partial charge in [-0.3, -0.25) is 9.36 Å². The van der Waals surface area contributed by atoms with Crippen molar-refractivity contribution >= 4 is 28.9 Å². The van der Waals surface area contributed by atoms with Crippen LogP contribution >= 0.6 is 0 Å². The van der Waals surface area contributed by atoms with Crippen LogP contribution in [0.4, 0.5) is 5.82 Å². The monoisotopic (exact) mass is 459 g/mol. The Morgan fingerprint density at radius 1 is 1.03 bits per heavy atom. The molecule has 0 saturated carbocycles. The number of hydrogen-bond acceptors (Lipinski definition) is 8. The van der Waals surface area contributed by atoms with Crippen molar-refractivity contribution < 1.29 is 24.2 Å². The fourth-order valence-electron chi connectivity index (χ4n) is 3.86. The Morgan fingerprint density at radius 3 is 2.44 bits per heavy atom. The first-order chi connectivity index (χ1) is 16.6. The molecule has 0 radical (unpaired) electrons. The van der Waals surface area contributed by atoms with Crippen molar-refractivity contribution in [2.75, 3.05) is 11.9 Å². The number of aliphatic hydroxyl groups is 1. The van der Waals surface area contributed by atoms with E-state index in [-0.39, 0.29) is 18.3 Å². The summed E-state index contributed by atoms with van der Waals surface area (Å²) in [5.41, 5.74) is 1.74. The normalized spacial score (nSPS) is 19.7. The maximum Gasteiger partial charge on any atom is 0.338 e. The van der Waals surface area contributed by atoms with Crippen LogP contribution in [0.25, 0.3) is 11.2 Å². The first kappa shape index (κ1) is 21.7. The topological polar surface area (TPSA) is 128 Å². The Hall–Kier alpha value is -4.15. The van der Waals surface area contributed by atoms with E-state index in [1.165, 1.54) is 12.7 Å². The van der Waals surface area contributed by atoms with E-state index < -0.39 is 24.4 Å². The predicted molar refractivity (Wildman–Crippen MR) is 121 cm³/mol. The number of hydrogen-bond donors (Lipinski definition) is 2. The van der Waals surface area contributed by atoms with Crippen molar-refractivity contribution in [1.82, 2.24) is 19.5 Å². The van der Waals surface area contributed by atoms with Crippen LogP contribution in [0.2, 0.25) is 0 Å². The Kier molecular flexibility index (Phi) is 5.98. The number of nitrogens with one attached hydrogen (secondary N) is 1. The maximum atomic E-state index is 12.6. The smallest absolute Gasteiger partial charge is 0.338 e. The number of benzene rings is 2. The molecule has 1 saturated heterocycles. The third kappa shape index (κ3) is 4.24. The minimum Gasteiger partial charge on any atom is -0.456 e. The highest BCUT2D eigenvalue weighted by molar-refractivity contribution is 6.06. The van der Waals surface area contributed by atoms with Crippen LogP contribution in [-0.4, -0.2) is 55.3 Å². The summed E-state index contributed by atoms with van der Waals surface area (Å²) in [4.78, 5) is 37.9. The predicted octanol–water partition coefficient (Wildman–Crippen LogP) is 2.58. The van der Waals surface area contributed by atoms with Gasteiger partial charge >= 0.3 is 5.97 Å². The van der Waals surface area contributed by atoms with E-state index in [9.17, 15) is 14.7 Å². The van der Waals surface area contributed by atoms with Gasteiger partial charge in [0.2, 0.25) is 0 Å². The zero-order valence-electron chi connectivity index (χ0n) is 17.9. The van der Waals surface area contributed by atoms with E-state index in [4.69, 9.17) is 9.47 Å². The van der Waals surface area contributed by atoms with Gasteiger partial charge in [0.15, 0.2) is 17.0 Å². The van der Waals surface area contributed by atoms with E-state index in [0.717, 1.165) is 0 Å². The molecule has 3 atom stereocenters. The lowest BCUT2D eigenvalue weighted by atomic mass is 10.1. The zero-order valence-corrected chi connectivity index (χ0v) is 17.9. The third-order valence-electron chi connectivity index (χ3n) is 5.57. The van der Waals surface area contributed by atoms with Gasteiger partial charge in [-0.15, -0.1) is 0 Å². The Bertz CT molecular complexity index is 1310. The van der Waals surface area contributed by atoms with Gasteiger partial charge in [0.05, 0.1) is 18.5 Å². The molecule has 0 spiro atoms. The van der Waals surface area contributed by atoms with Gasteiger partial charge < -0.3 is 19.9 Å². The van der Waals surface area contributed by atoms with E-state index in [0.29, 0.717) is 28.7 Å². The minimum atomic E-state index is -0.700. The molecule has 2 aromatic carbocycles. The number of ether oxygens (including phenoxy) is 2. The van der Waals surface area contributed by atoms with Gasteiger partial charge in [0.25, 0.3) is 5.91 Å². The minimum absolute atomic E-state index is 0.265. The van der Waals surface area contributed by atoms with Gasteiger partial charge in [-0.05, 0) is 24.3 Å². The van der Waals surface area contributed by atoms with Gasteiger partial charge in [0, 0.05) is 12.0 Å². The largest absolute Gasteiger partial charge is 0.456 e. The second kappa shape index (κ2) is 9.38. The number of aliphatic hydroxyl groups excluding tert-OH is 1. The molecule has 1 fully saturated rings. The number of amides is 1. The SMILES string of the molecule is O=C(Nc1ncnc2c1ncn2[C@H]1C[C@@H](OC(=O)c2ccccc2)C(CO)O1)c1ccccc1. The molecule has 5 rings (SSSR count). The number of imidazole rings is 1. The van der Waals surface area contributed by atoms with E-state index >= 15 is 0 Å². The average molecular weight is 459 g/mol. The van der Waals surface area contributed by atoms with Crippen molar-refractivity contribution in [2.24, 2.45) is 0 Å². The van der Waals surface area contributed by atoms with Crippen molar-refractivity contribution in [1.29, 1.82) is 0 Å². The fourth-order valence-corrected chi connectivity index (χ4v) is 3.86. The molecule has 2 N–H and O–H groups in total. The fraction of sp³-hybridized carbons (Fsp3) is 0.208. The van der Waals surface area contributed by atoms with Crippen LogP contribution in [0.1, 0.15) is 33.4 Å². The molecule has 4 aromatic rings. The number of carbonyl (C=O) groups excluding carboxylic acids is 2. The molecular formula is C24H21N5O5. The van der Waals surface area contributed by atoms with Crippen molar-refractivity contribution in [3.05, 3.63) is 84.4 Å². The summed E-state index contributed by atoms with van der Waals surface area (Å²) in [5.74, 6) is -0.543. The van der Waals surface area contributed by atoms with Crippen LogP contribution < -0.4 is 5.32 Å². The number of esters is 1. The molecule has 2 aromatic heterocycles. The molecule has 1 amide bonds. The molecule has 0 aliphatic carbocycles. The number of anilines is 1. The summed E-state index contributed by atoms with van der Waals surface area (Å²) in [7, 11) is 0. The number of fused-ring (bicyclic) bond motifs is 1. The summed E-state index contributed by atoms with van der Waals surface area (Å²) in [5, 5.41) is 12.5.